The largest absolute Gasteiger partial charge is 0.348 e. The third kappa shape index (κ3) is 4.01. The van der Waals surface area contributed by atoms with Crippen molar-refractivity contribution in [1.29, 1.82) is 5.26 Å². The van der Waals surface area contributed by atoms with Gasteiger partial charge in [0.25, 0.3) is 5.91 Å². The maximum Gasteiger partial charge on any atom is 0.273 e. The van der Waals surface area contributed by atoms with Crippen molar-refractivity contribution in [3.05, 3.63) is 70.3 Å². The van der Waals surface area contributed by atoms with Crippen LogP contribution in [0.3, 0.4) is 0 Å². The van der Waals surface area contributed by atoms with E-state index in [1.165, 1.54) is 0 Å². The molecule has 1 aliphatic heterocycles. The molecule has 0 spiro atoms. The molecule has 2 amide bonds. The Bertz CT molecular complexity index is 1410. The maximum absolute atomic E-state index is 12.8. The highest BCUT2D eigenvalue weighted by molar-refractivity contribution is 6.30. The van der Waals surface area contributed by atoms with Crippen molar-refractivity contribution in [3.8, 4) is 6.07 Å². The summed E-state index contributed by atoms with van der Waals surface area (Å²) in [4.78, 5) is 31.4. The molecule has 182 valence electrons. The van der Waals surface area contributed by atoms with Gasteiger partial charge in [-0.25, -0.2) is 4.68 Å². The second-order valence-electron chi connectivity index (χ2n) is 9.97. The molecule has 36 heavy (non-hydrogen) atoms. The number of hydrogen-bond donors (Lipinski definition) is 1. The van der Waals surface area contributed by atoms with E-state index in [2.05, 4.69) is 26.7 Å². The number of nitrogens with one attached hydrogen (secondary N) is 1. The van der Waals surface area contributed by atoms with Crippen molar-refractivity contribution < 1.29 is 9.59 Å². The Labute approximate surface area is 213 Å². The van der Waals surface area contributed by atoms with E-state index in [0.717, 1.165) is 42.6 Å². The number of nitrogens with zero attached hydrogens (tertiary/aromatic N) is 6. The zero-order valence-electron chi connectivity index (χ0n) is 19.6. The van der Waals surface area contributed by atoms with Crippen LogP contribution in [0.1, 0.15) is 65.3 Å². The van der Waals surface area contributed by atoms with E-state index in [9.17, 15) is 14.9 Å². The van der Waals surface area contributed by atoms with E-state index in [1.807, 2.05) is 24.0 Å². The molecule has 6 rings (SSSR count). The molecule has 3 fully saturated rings. The highest BCUT2D eigenvalue weighted by Crippen LogP contribution is 2.47. The van der Waals surface area contributed by atoms with E-state index in [4.69, 9.17) is 11.6 Å². The number of halogens is 1. The van der Waals surface area contributed by atoms with Gasteiger partial charge in [-0.15, -0.1) is 5.10 Å². The smallest absolute Gasteiger partial charge is 0.273 e. The number of hydrogen-bond acceptors (Lipinski definition) is 6. The molecule has 1 aromatic carbocycles. The molecule has 10 heteroatoms. The predicted molar refractivity (Wildman–Crippen MR) is 131 cm³/mol. The summed E-state index contributed by atoms with van der Waals surface area (Å²) in [5, 5.41) is 21.2. The Kier molecular flexibility index (Phi) is 5.49. The Morgan fingerprint density at radius 2 is 2.08 bits per heavy atom. The van der Waals surface area contributed by atoms with Crippen LogP contribution in [0.25, 0.3) is 0 Å². The van der Waals surface area contributed by atoms with Gasteiger partial charge in [-0.1, -0.05) is 16.8 Å². The lowest BCUT2D eigenvalue weighted by atomic mass is 9.74. The SMILES string of the molecule is CC(c1cncc(N2C[C@H]3C[C@H]3C2=O)c1)n1cc(C(=O)N[C@H]2C[C@@H](c3cc(Cl)ccc3C#N)C2)nn1. The first-order valence-electron chi connectivity index (χ1n) is 12.1. The second-order valence-corrected chi connectivity index (χ2v) is 10.4. The number of benzene rings is 1. The molecule has 1 N–H and O–H groups in total. The van der Waals surface area contributed by atoms with Crippen LogP contribution in [0.5, 0.6) is 0 Å². The van der Waals surface area contributed by atoms with Gasteiger partial charge in [0.2, 0.25) is 5.91 Å². The topological polar surface area (TPSA) is 117 Å². The molecular formula is C26H24ClN7O2. The Morgan fingerprint density at radius 1 is 1.25 bits per heavy atom. The summed E-state index contributed by atoms with van der Waals surface area (Å²) in [5.74, 6) is 0.764. The van der Waals surface area contributed by atoms with Gasteiger partial charge in [0.15, 0.2) is 5.69 Å². The summed E-state index contributed by atoms with van der Waals surface area (Å²) >= 11 is 6.11. The fraction of sp³-hybridized carbons (Fsp3) is 0.385. The molecule has 9 nitrogen and oxygen atoms in total. The van der Waals surface area contributed by atoms with Crippen molar-refractivity contribution >= 4 is 29.1 Å². The molecule has 3 aliphatic rings. The van der Waals surface area contributed by atoms with Crippen LogP contribution >= 0.6 is 11.6 Å². The normalized spacial score (nSPS) is 25.0. The maximum atomic E-state index is 12.8. The first kappa shape index (κ1) is 22.7. The molecule has 0 bridgehead atoms. The molecule has 2 saturated carbocycles. The van der Waals surface area contributed by atoms with Crippen LogP contribution in [0.4, 0.5) is 5.69 Å². The van der Waals surface area contributed by atoms with Crippen molar-refractivity contribution in [2.45, 2.75) is 44.2 Å². The van der Waals surface area contributed by atoms with Gasteiger partial charge < -0.3 is 10.2 Å². The number of carbonyl (C=O) groups excluding carboxylic acids is 2. The fourth-order valence-electron chi connectivity index (χ4n) is 5.28. The average Bonchev–Trinajstić information content (AvgIpc) is 3.32. The van der Waals surface area contributed by atoms with Gasteiger partial charge in [-0.05, 0) is 73.4 Å². The zero-order chi connectivity index (χ0) is 25.0. The molecule has 3 aromatic rings. The minimum absolute atomic E-state index is 0.000638. The predicted octanol–water partition coefficient (Wildman–Crippen LogP) is 3.47. The van der Waals surface area contributed by atoms with Crippen LogP contribution in [0.2, 0.25) is 5.02 Å². The quantitative estimate of drug-likeness (QED) is 0.552. The van der Waals surface area contributed by atoms with Crippen LogP contribution in [-0.2, 0) is 4.79 Å². The van der Waals surface area contributed by atoms with Crippen LogP contribution in [0, 0.1) is 23.2 Å². The van der Waals surface area contributed by atoms with Crippen molar-refractivity contribution in [2.75, 3.05) is 11.4 Å². The lowest BCUT2D eigenvalue weighted by Crippen LogP contribution is -2.43. The number of amides is 2. The van der Waals surface area contributed by atoms with Gasteiger partial charge >= 0.3 is 0 Å². The summed E-state index contributed by atoms with van der Waals surface area (Å²) in [6, 6.07) is 9.25. The standard InChI is InChI=1S/C26H24ClN7O2/c1-14(17-6-21(11-29-10-17)33-12-18-7-23(18)26(33)36)34-13-24(31-32-34)25(35)30-20-4-16(5-20)22-8-19(27)3-2-15(22)9-28/h2-3,6,8,10-11,13-14,16,18,20,23H,4-5,7,12H2,1H3,(H,30,35)/t14?,16-,18-,20+,23-/m1/s1. The number of anilines is 1. The molecule has 2 aromatic heterocycles. The molecule has 1 saturated heterocycles. The molecule has 3 heterocycles. The van der Waals surface area contributed by atoms with Crippen LogP contribution in [0.15, 0.2) is 42.9 Å². The number of nitriles is 1. The minimum atomic E-state index is -0.280. The third-order valence-electron chi connectivity index (χ3n) is 7.65. The van der Waals surface area contributed by atoms with Gasteiger partial charge in [0.05, 0.1) is 35.8 Å². The molecule has 0 radical (unpaired) electrons. The van der Waals surface area contributed by atoms with Crippen molar-refractivity contribution in [2.24, 2.45) is 11.8 Å². The first-order chi connectivity index (χ1) is 17.4. The second kappa shape index (κ2) is 8.71. The summed E-state index contributed by atoms with van der Waals surface area (Å²) in [7, 11) is 0. The van der Waals surface area contributed by atoms with E-state index in [0.29, 0.717) is 16.5 Å². The lowest BCUT2D eigenvalue weighted by Gasteiger charge is -2.36. The Balaban J connectivity index is 1.08. The van der Waals surface area contributed by atoms with Crippen LogP contribution < -0.4 is 10.2 Å². The number of aromatic nitrogens is 4. The summed E-state index contributed by atoms with van der Waals surface area (Å²) in [6.07, 6.45) is 7.57. The molecule has 1 unspecified atom stereocenters. The summed E-state index contributed by atoms with van der Waals surface area (Å²) < 4.78 is 1.63. The third-order valence-corrected chi connectivity index (χ3v) is 7.88. The summed E-state index contributed by atoms with van der Waals surface area (Å²) in [6.45, 7) is 2.71. The highest BCUT2D eigenvalue weighted by Gasteiger charge is 2.52. The highest BCUT2D eigenvalue weighted by atomic mass is 35.5. The number of rotatable bonds is 6. The fourth-order valence-corrected chi connectivity index (χ4v) is 5.46. The van der Waals surface area contributed by atoms with E-state index >= 15 is 0 Å². The van der Waals surface area contributed by atoms with E-state index in [-0.39, 0.29) is 41.4 Å². The van der Waals surface area contributed by atoms with Gasteiger partial charge in [0.1, 0.15) is 0 Å². The lowest BCUT2D eigenvalue weighted by molar-refractivity contribution is -0.118. The monoisotopic (exact) mass is 501 g/mol. The van der Waals surface area contributed by atoms with Crippen molar-refractivity contribution in [3.63, 3.8) is 0 Å². The molecule has 3 atom stereocenters. The van der Waals surface area contributed by atoms with E-state index in [1.54, 1.807) is 35.4 Å². The number of pyridine rings is 1. The Morgan fingerprint density at radius 3 is 2.83 bits per heavy atom. The summed E-state index contributed by atoms with van der Waals surface area (Å²) in [5.41, 5.74) is 3.47. The van der Waals surface area contributed by atoms with Crippen LogP contribution in [-0.4, -0.2) is 44.4 Å². The number of fused-ring (bicyclic) bond motifs is 1. The molecular weight excluding hydrogens is 478 g/mol. The number of piperidine rings is 1. The average molecular weight is 502 g/mol. The van der Waals surface area contributed by atoms with Gasteiger partial charge in [0, 0.05) is 29.7 Å². The van der Waals surface area contributed by atoms with Gasteiger partial charge in [-0.2, -0.15) is 5.26 Å². The van der Waals surface area contributed by atoms with Gasteiger partial charge in [-0.3, -0.25) is 14.6 Å². The van der Waals surface area contributed by atoms with E-state index < -0.39 is 0 Å². The Hall–Kier alpha value is -3.77. The first-order valence-corrected chi connectivity index (χ1v) is 12.5. The zero-order valence-corrected chi connectivity index (χ0v) is 20.4. The molecule has 2 aliphatic carbocycles. The minimum Gasteiger partial charge on any atom is -0.348 e. The van der Waals surface area contributed by atoms with Crippen molar-refractivity contribution in [1.82, 2.24) is 25.3 Å². The number of carbonyl (C=O) groups is 2.